The van der Waals surface area contributed by atoms with Crippen molar-refractivity contribution in [2.75, 3.05) is 13.2 Å². The van der Waals surface area contributed by atoms with E-state index in [4.69, 9.17) is 24.7 Å². The van der Waals surface area contributed by atoms with Crippen molar-refractivity contribution in [1.29, 1.82) is 0 Å². The highest BCUT2D eigenvalue weighted by Crippen LogP contribution is 2.38. The van der Waals surface area contributed by atoms with Crippen LogP contribution in [0.1, 0.15) is 27.2 Å². The predicted octanol–water partition coefficient (Wildman–Crippen LogP) is 0.186. The van der Waals surface area contributed by atoms with E-state index in [0.717, 1.165) is 0 Å². The van der Waals surface area contributed by atoms with Crippen molar-refractivity contribution in [2.45, 2.75) is 57.3 Å². The zero-order valence-corrected chi connectivity index (χ0v) is 11.0. The van der Waals surface area contributed by atoms with Gasteiger partial charge in [-0.25, -0.2) is 4.79 Å². The number of fused-ring (bicyclic) bond motifs is 1. The maximum Gasteiger partial charge on any atom is 0.332 e. The lowest BCUT2D eigenvalue weighted by Crippen LogP contribution is -2.35. The molecule has 2 aliphatic rings. The van der Waals surface area contributed by atoms with Gasteiger partial charge in [-0.05, 0) is 27.2 Å². The number of carbonyl (C=O) groups is 1. The summed E-state index contributed by atoms with van der Waals surface area (Å²) in [5.74, 6) is -1.01. The van der Waals surface area contributed by atoms with Crippen LogP contribution in [0.2, 0.25) is 0 Å². The Balaban J connectivity index is 1.89. The fraction of sp³-hybridized carbons (Fsp3) is 0.917. The second kappa shape index (κ2) is 5.13. The van der Waals surface area contributed by atoms with E-state index in [1.54, 1.807) is 6.92 Å². The third-order valence-electron chi connectivity index (χ3n) is 3.18. The highest BCUT2D eigenvalue weighted by molar-refractivity contribution is 5.70. The summed E-state index contributed by atoms with van der Waals surface area (Å²) in [6.45, 7) is 5.74. The first-order chi connectivity index (χ1) is 8.43. The molecule has 1 heterocycles. The molecule has 1 aliphatic carbocycles. The van der Waals surface area contributed by atoms with Crippen LogP contribution < -0.4 is 5.73 Å². The molecule has 2 rings (SSSR count). The van der Waals surface area contributed by atoms with Crippen molar-refractivity contribution in [2.24, 2.45) is 5.73 Å². The maximum atomic E-state index is 11.3. The summed E-state index contributed by atoms with van der Waals surface area (Å²) in [6.07, 6.45) is 0.0537. The van der Waals surface area contributed by atoms with Gasteiger partial charge in [-0.15, -0.1) is 0 Å². The maximum absolute atomic E-state index is 11.3. The Morgan fingerprint density at radius 2 is 2.06 bits per heavy atom. The van der Waals surface area contributed by atoms with Crippen LogP contribution in [-0.4, -0.2) is 49.3 Å². The minimum Gasteiger partial charge on any atom is -0.464 e. The van der Waals surface area contributed by atoms with E-state index in [1.165, 1.54) is 0 Å². The summed E-state index contributed by atoms with van der Waals surface area (Å²) >= 11 is 0. The Kier molecular flexibility index (Phi) is 3.91. The third-order valence-corrected chi connectivity index (χ3v) is 3.18. The van der Waals surface area contributed by atoms with Crippen LogP contribution in [0.4, 0.5) is 0 Å². The van der Waals surface area contributed by atoms with Gasteiger partial charge in [0.15, 0.2) is 5.79 Å². The molecule has 6 nitrogen and oxygen atoms in total. The van der Waals surface area contributed by atoms with Crippen molar-refractivity contribution >= 4 is 5.97 Å². The molecule has 18 heavy (non-hydrogen) atoms. The number of hydrogen-bond donors (Lipinski definition) is 1. The number of nitrogens with two attached hydrogens (primary N) is 1. The highest BCUT2D eigenvalue weighted by atomic mass is 16.8. The average molecular weight is 259 g/mol. The van der Waals surface area contributed by atoms with Crippen molar-refractivity contribution in [3.8, 4) is 0 Å². The molecule has 2 N–H and O–H groups in total. The van der Waals surface area contributed by atoms with Gasteiger partial charge < -0.3 is 24.7 Å². The number of rotatable bonds is 4. The number of carbonyl (C=O) groups excluding carboxylic acids is 1. The number of esters is 1. The third kappa shape index (κ3) is 2.83. The van der Waals surface area contributed by atoms with E-state index in [9.17, 15) is 4.79 Å². The van der Waals surface area contributed by atoms with Gasteiger partial charge >= 0.3 is 5.97 Å². The normalized spacial score (nSPS) is 37.6. The fourth-order valence-electron chi connectivity index (χ4n) is 2.51. The van der Waals surface area contributed by atoms with Crippen LogP contribution in [0.15, 0.2) is 0 Å². The fourth-order valence-corrected chi connectivity index (χ4v) is 2.51. The van der Waals surface area contributed by atoms with Crippen LogP contribution in [0.5, 0.6) is 0 Å². The second-order valence-corrected chi connectivity index (χ2v) is 5.12. The minimum absolute atomic E-state index is 0.0712. The van der Waals surface area contributed by atoms with E-state index in [1.807, 2.05) is 13.8 Å². The molecule has 2 fully saturated rings. The zero-order chi connectivity index (χ0) is 13.3. The Morgan fingerprint density at radius 3 is 2.72 bits per heavy atom. The molecule has 0 amide bonds. The lowest BCUT2D eigenvalue weighted by Gasteiger charge is -2.22. The quantitative estimate of drug-likeness (QED) is 0.726. The van der Waals surface area contributed by atoms with Gasteiger partial charge in [0, 0.05) is 6.04 Å². The van der Waals surface area contributed by atoms with E-state index >= 15 is 0 Å². The van der Waals surface area contributed by atoms with Gasteiger partial charge in [0.05, 0.1) is 12.7 Å². The molecule has 0 aromatic carbocycles. The molecule has 0 spiro atoms. The molecule has 1 aliphatic heterocycles. The van der Waals surface area contributed by atoms with Crippen LogP contribution in [0.3, 0.4) is 0 Å². The highest BCUT2D eigenvalue weighted by Gasteiger charge is 2.53. The molecular weight excluding hydrogens is 238 g/mol. The van der Waals surface area contributed by atoms with Gasteiger partial charge in [0.1, 0.15) is 18.8 Å². The van der Waals surface area contributed by atoms with Crippen LogP contribution >= 0.6 is 0 Å². The largest absolute Gasteiger partial charge is 0.464 e. The van der Waals surface area contributed by atoms with Crippen LogP contribution in [-0.2, 0) is 23.7 Å². The van der Waals surface area contributed by atoms with Gasteiger partial charge in [0.25, 0.3) is 0 Å². The van der Waals surface area contributed by atoms with Crippen LogP contribution in [0.25, 0.3) is 0 Å². The first-order valence-corrected chi connectivity index (χ1v) is 6.31. The van der Waals surface area contributed by atoms with E-state index < -0.39 is 5.79 Å². The van der Waals surface area contributed by atoms with Crippen LogP contribution in [0, 0.1) is 0 Å². The van der Waals surface area contributed by atoms with E-state index in [-0.39, 0.29) is 36.9 Å². The molecule has 6 heteroatoms. The SMILES string of the molecule is CCOC(=O)COC1CC(N)C2OC(C)(C)OC12. The van der Waals surface area contributed by atoms with Crippen molar-refractivity contribution < 1.29 is 23.7 Å². The van der Waals surface area contributed by atoms with Gasteiger partial charge in [-0.1, -0.05) is 0 Å². The Bertz CT molecular complexity index is 320. The zero-order valence-electron chi connectivity index (χ0n) is 11.0. The van der Waals surface area contributed by atoms with Gasteiger partial charge in [-0.2, -0.15) is 0 Å². The summed E-state index contributed by atoms with van der Waals surface area (Å²) in [7, 11) is 0. The first-order valence-electron chi connectivity index (χ1n) is 6.31. The summed E-state index contributed by atoms with van der Waals surface area (Å²) in [5, 5.41) is 0. The number of hydrogen-bond acceptors (Lipinski definition) is 6. The minimum atomic E-state index is -0.640. The lowest BCUT2D eigenvalue weighted by molar-refractivity contribution is -0.172. The Labute approximate surface area is 107 Å². The van der Waals surface area contributed by atoms with Gasteiger partial charge in [0.2, 0.25) is 0 Å². The molecular formula is C12H21NO5. The molecule has 0 aromatic rings. The summed E-state index contributed by atoms with van der Waals surface area (Å²) in [5.41, 5.74) is 6.00. The Hall–Kier alpha value is -0.690. The smallest absolute Gasteiger partial charge is 0.332 e. The topological polar surface area (TPSA) is 80.0 Å². The summed E-state index contributed by atoms with van der Waals surface area (Å²) < 4.78 is 21.8. The molecule has 1 saturated carbocycles. The Morgan fingerprint density at radius 1 is 1.39 bits per heavy atom. The average Bonchev–Trinajstić information content (AvgIpc) is 2.72. The second-order valence-electron chi connectivity index (χ2n) is 5.12. The monoisotopic (exact) mass is 259 g/mol. The van der Waals surface area contributed by atoms with E-state index in [2.05, 4.69) is 0 Å². The summed E-state index contributed by atoms with van der Waals surface area (Å²) in [4.78, 5) is 11.3. The lowest BCUT2D eigenvalue weighted by atomic mass is 10.2. The van der Waals surface area contributed by atoms with Crippen molar-refractivity contribution in [3.05, 3.63) is 0 Å². The van der Waals surface area contributed by atoms with Crippen molar-refractivity contribution in [3.63, 3.8) is 0 Å². The van der Waals surface area contributed by atoms with Crippen molar-refractivity contribution in [1.82, 2.24) is 0 Å². The standard InChI is InChI=1S/C12H21NO5/c1-4-15-9(14)6-16-8-5-7(13)10-11(8)18-12(2,3)17-10/h7-8,10-11H,4-6,13H2,1-3H3. The molecule has 0 radical (unpaired) electrons. The molecule has 0 aromatic heterocycles. The molecule has 4 atom stereocenters. The van der Waals surface area contributed by atoms with E-state index in [0.29, 0.717) is 13.0 Å². The predicted molar refractivity (Wildman–Crippen MR) is 62.8 cm³/mol. The van der Waals surface area contributed by atoms with Gasteiger partial charge in [-0.3, -0.25) is 0 Å². The first kappa shape index (κ1) is 13.7. The molecule has 4 unspecified atom stereocenters. The molecule has 0 bridgehead atoms. The number of ether oxygens (including phenoxy) is 4. The summed E-state index contributed by atoms with van der Waals surface area (Å²) in [6, 6.07) is -0.121. The molecule has 104 valence electrons. The molecule has 1 saturated heterocycles.